The van der Waals surface area contributed by atoms with Crippen molar-refractivity contribution in [3.8, 4) is 0 Å². The normalized spacial score (nSPS) is 20.1. The number of aromatic nitrogens is 2. The number of para-hydroxylation sites is 1. The first kappa shape index (κ1) is 18.6. The number of aliphatic hydroxyl groups excluding tert-OH is 1. The number of hydrogen-bond acceptors (Lipinski definition) is 5. The van der Waals surface area contributed by atoms with E-state index in [9.17, 15) is 9.90 Å². The van der Waals surface area contributed by atoms with Gasteiger partial charge in [-0.15, -0.1) is 0 Å². The highest BCUT2D eigenvalue weighted by Gasteiger charge is 2.36. The summed E-state index contributed by atoms with van der Waals surface area (Å²) in [5, 5.41) is 17.8. The maximum absolute atomic E-state index is 12.8. The predicted molar refractivity (Wildman–Crippen MR) is 106 cm³/mol. The van der Waals surface area contributed by atoms with Gasteiger partial charge in [-0.05, 0) is 42.4 Å². The van der Waals surface area contributed by atoms with Crippen LogP contribution in [0.25, 0.3) is 10.9 Å². The van der Waals surface area contributed by atoms with Gasteiger partial charge in [0.1, 0.15) is 5.76 Å². The lowest BCUT2D eigenvalue weighted by atomic mass is 9.75. The lowest BCUT2D eigenvalue weighted by Gasteiger charge is -2.38. The Balaban J connectivity index is 1.57. The summed E-state index contributed by atoms with van der Waals surface area (Å²) >= 11 is 0. The van der Waals surface area contributed by atoms with E-state index in [-0.39, 0.29) is 29.7 Å². The molecule has 1 fully saturated rings. The third kappa shape index (κ3) is 3.92. The van der Waals surface area contributed by atoms with Gasteiger partial charge in [0.15, 0.2) is 5.69 Å². The summed E-state index contributed by atoms with van der Waals surface area (Å²) in [4.78, 5) is 17.3. The third-order valence-corrected chi connectivity index (χ3v) is 5.28. The van der Waals surface area contributed by atoms with Gasteiger partial charge >= 0.3 is 0 Å². The van der Waals surface area contributed by atoms with Crippen LogP contribution in [0.3, 0.4) is 0 Å². The molecule has 0 spiro atoms. The van der Waals surface area contributed by atoms with Crippen LogP contribution < -0.4 is 5.32 Å². The maximum atomic E-state index is 12.8. The highest BCUT2D eigenvalue weighted by Crippen LogP contribution is 2.38. The van der Waals surface area contributed by atoms with Crippen molar-refractivity contribution in [1.82, 2.24) is 15.5 Å². The molecule has 1 aliphatic rings. The van der Waals surface area contributed by atoms with Gasteiger partial charge in [0, 0.05) is 24.1 Å². The van der Waals surface area contributed by atoms with E-state index in [1.165, 1.54) is 0 Å². The second-order valence-corrected chi connectivity index (χ2v) is 8.07. The number of aliphatic hydroxyl groups is 1. The molecular weight excluding hydrogens is 354 g/mol. The number of pyridine rings is 1. The van der Waals surface area contributed by atoms with E-state index < -0.39 is 0 Å². The highest BCUT2D eigenvalue weighted by molar-refractivity contribution is 5.92. The van der Waals surface area contributed by atoms with Gasteiger partial charge < -0.3 is 14.9 Å². The number of nitrogens with one attached hydrogen (secondary N) is 1. The molecule has 1 saturated carbocycles. The lowest BCUT2D eigenvalue weighted by molar-refractivity contribution is 0.0234. The van der Waals surface area contributed by atoms with E-state index in [4.69, 9.17) is 4.52 Å². The van der Waals surface area contributed by atoms with Gasteiger partial charge in [-0.2, -0.15) is 0 Å². The fourth-order valence-corrected chi connectivity index (χ4v) is 3.77. The Labute approximate surface area is 164 Å². The average Bonchev–Trinajstić information content (AvgIpc) is 3.11. The van der Waals surface area contributed by atoms with E-state index in [2.05, 4.69) is 35.4 Å². The standard InChI is InChI=1S/C22H25N3O3/c1-13(2)7-18-11-20(25-28-18)22(27)24-21(15-9-17(26)10-15)16-8-14-5-3-4-6-19(14)23-12-16/h3-6,8,11-13,15,17,21,26H,7,9-10H2,1-2H3,(H,24,27)/t15?,17?,21-/m1/s1. The molecule has 2 heterocycles. The molecule has 3 aromatic rings. The molecule has 0 radical (unpaired) electrons. The number of carbonyl (C=O) groups excluding carboxylic acids is 1. The number of benzene rings is 1. The van der Waals surface area contributed by atoms with Gasteiger partial charge in [-0.1, -0.05) is 37.2 Å². The van der Waals surface area contributed by atoms with Crippen molar-refractivity contribution in [3.63, 3.8) is 0 Å². The van der Waals surface area contributed by atoms with Crippen LogP contribution >= 0.6 is 0 Å². The van der Waals surface area contributed by atoms with Crippen molar-refractivity contribution in [1.29, 1.82) is 0 Å². The Hall–Kier alpha value is -2.73. The molecule has 1 atom stereocenters. The van der Waals surface area contributed by atoms with Crippen LogP contribution in [0, 0.1) is 11.8 Å². The molecule has 28 heavy (non-hydrogen) atoms. The summed E-state index contributed by atoms with van der Waals surface area (Å²) in [6.45, 7) is 4.18. The van der Waals surface area contributed by atoms with Gasteiger partial charge in [-0.3, -0.25) is 9.78 Å². The first-order chi connectivity index (χ1) is 13.5. The maximum Gasteiger partial charge on any atom is 0.273 e. The van der Waals surface area contributed by atoms with Gasteiger partial charge in [0.2, 0.25) is 0 Å². The van der Waals surface area contributed by atoms with Gasteiger partial charge in [-0.25, -0.2) is 0 Å². The Bertz CT molecular complexity index is 976. The molecule has 2 N–H and O–H groups in total. The van der Waals surface area contributed by atoms with Crippen molar-refractivity contribution < 1.29 is 14.4 Å². The summed E-state index contributed by atoms with van der Waals surface area (Å²) in [5.41, 5.74) is 2.14. The van der Waals surface area contributed by atoms with Crippen LogP contribution in [-0.2, 0) is 6.42 Å². The first-order valence-corrected chi connectivity index (χ1v) is 9.79. The van der Waals surface area contributed by atoms with Crippen molar-refractivity contribution in [2.24, 2.45) is 11.8 Å². The number of amides is 1. The molecule has 0 saturated heterocycles. The van der Waals surface area contributed by atoms with Crippen LogP contribution in [0.5, 0.6) is 0 Å². The second-order valence-electron chi connectivity index (χ2n) is 8.07. The number of nitrogens with zero attached hydrogens (tertiary/aromatic N) is 2. The molecule has 1 amide bonds. The third-order valence-electron chi connectivity index (χ3n) is 5.28. The molecule has 1 aliphatic carbocycles. The molecule has 6 heteroatoms. The monoisotopic (exact) mass is 379 g/mol. The number of rotatable bonds is 6. The lowest BCUT2D eigenvalue weighted by Crippen LogP contribution is -2.41. The van der Waals surface area contributed by atoms with Gasteiger partial charge in [0.05, 0.1) is 17.7 Å². The molecule has 146 valence electrons. The molecule has 1 aromatic carbocycles. The Morgan fingerprint density at radius 1 is 1.29 bits per heavy atom. The SMILES string of the molecule is CC(C)Cc1cc(C(=O)N[C@@H](c2cnc3ccccc3c2)C2CC(O)C2)no1. The second kappa shape index (κ2) is 7.72. The minimum absolute atomic E-state index is 0.170. The average molecular weight is 379 g/mol. The predicted octanol–water partition coefficient (Wildman–Crippen LogP) is 3.66. The smallest absolute Gasteiger partial charge is 0.273 e. The summed E-state index contributed by atoms with van der Waals surface area (Å²) in [6, 6.07) is 11.4. The fraction of sp³-hybridized carbons (Fsp3) is 0.409. The quantitative estimate of drug-likeness (QED) is 0.682. The number of hydrogen-bond donors (Lipinski definition) is 2. The summed E-state index contributed by atoms with van der Waals surface area (Å²) < 4.78 is 5.30. The van der Waals surface area contributed by atoms with Crippen LogP contribution in [0.1, 0.15) is 54.5 Å². The summed E-state index contributed by atoms with van der Waals surface area (Å²) in [6.07, 6.45) is 3.57. The van der Waals surface area contributed by atoms with E-state index in [0.29, 0.717) is 24.5 Å². The molecule has 0 unspecified atom stereocenters. The summed E-state index contributed by atoms with van der Waals surface area (Å²) in [7, 11) is 0. The number of fused-ring (bicyclic) bond motifs is 1. The zero-order chi connectivity index (χ0) is 19.7. The molecule has 0 aliphatic heterocycles. The van der Waals surface area contributed by atoms with Crippen molar-refractivity contribution in [2.75, 3.05) is 0 Å². The largest absolute Gasteiger partial charge is 0.393 e. The topological polar surface area (TPSA) is 88.2 Å². The fourth-order valence-electron chi connectivity index (χ4n) is 3.77. The van der Waals surface area contributed by atoms with E-state index in [1.54, 1.807) is 6.07 Å². The van der Waals surface area contributed by atoms with Gasteiger partial charge in [0.25, 0.3) is 5.91 Å². The van der Waals surface area contributed by atoms with Crippen molar-refractivity contribution in [2.45, 2.75) is 45.3 Å². The Morgan fingerprint density at radius 2 is 2.07 bits per heavy atom. The first-order valence-electron chi connectivity index (χ1n) is 9.79. The molecular formula is C22H25N3O3. The molecule has 2 aromatic heterocycles. The minimum atomic E-state index is -0.303. The van der Waals surface area contributed by atoms with Crippen molar-refractivity contribution in [3.05, 3.63) is 59.6 Å². The van der Waals surface area contributed by atoms with E-state index >= 15 is 0 Å². The Morgan fingerprint density at radius 3 is 2.82 bits per heavy atom. The molecule has 4 rings (SSSR count). The molecule has 6 nitrogen and oxygen atoms in total. The molecule has 0 bridgehead atoms. The van der Waals surface area contributed by atoms with Crippen molar-refractivity contribution >= 4 is 16.8 Å². The zero-order valence-electron chi connectivity index (χ0n) is 16.1. The van der Waals surface area contributed by atoms with Crippen LogP contribution in [0.15, 0.2) is 47.1 Å². The Kier molecular flexibility index (Phi) is 5.13. The van der Waals surface area contributed by atoms with Crippen LogP contribution in [0.2, 0.25) is 0 Å². The number of carbonyl (C=O) groups is 1. The highest BCUT2D eigenvalue weighted by atomic mass is 16.5. The van der Waals surface area contributed by atoms with Crippen LogP contribution in [-0.4, -0.2) is 27.3 Å². The van der Waals surface area contributed by atoms with Crippen LogP contribution in [0.4, 0.5) is 0 Å². The van der Waals surface area contributed by atoms with E-state index in [0.717, 1.165) is 22.9 Å². The minimum Gasteiger partial charge on any atom is -0.393 e. The van der Waals surface area contributed by atoms with E-state index in [1.807, 2.05) is 30.5 Å². The summed E-state index contributed by atoms with van der Waals surface area (Å²) in [5.74, 6) is 1.04. The zero-order valence-corrected chi connectivity index (χ0v) is 16.1.